The Balaban J connectivity index is 5.34. The molecule has 0 aliphatic carbocycles. The summed E-state index contributed by atoms with van der Waals surface area (Å²) in [5, 5.41) is 17.1. The van der Waals surface area contributed by atoms with Crippen molar-refractivity contribution in [3.63, 3.8) is 0 Å². The Morgan fingerprint density at radius 3 is 1.76 bits per heavy atom. The van der Waals surface area contributed by atoms with Gasteiger partial charge in [0.25, 0.3) is 0 Å². The Hall–Kier alpha value is -2.44. The molecule has 0 rings (SSSR count). The highest BCUT2D eigenvalue weighted by Crippen LogP contribution is 2.06. The molecular weight excluding hydrogens is 230 g/mol. The smallest absolute Gasteiger partial charge is 0.353 e. The third-order valence-electron chi connectivity index (χ3n) is 1.58. The number of carbonyl (C=O) groups is 4. The standard InChI is InChI=1S/C10H11NO6/c1-6(12)11(7(2)13)8(10(16)17)4-3-5-9(14)15/h3-5H,1-2H3,(H,14,15)(H,16,17). The van der Waals surface area contributed by atoms with Gasteiger partial charge in [-0.15, -0.1) is 0 Å². The first-order valence-corrected chi connectivity index (χ1v) is 4.43. The topological polar surface area (TPSA) is 112 Å². The normalized spacial score (nSPS) is 11.3. The van der Waals surface area contributed by atoms with Gasteiger partial charge < -0.3 is 10.2 Å². The number of carbonyl (C=O) groups excluding carboxylic acids is 2. The van der Waals surface area contributed by atoms with Gasteiger partial charge >= 0.3 is 11.9 Å². The summed E-state index contributed by atoms with van der Waals surface area (Å²) in [6, 6.07) is 0. The Morgan fingerprint density at radius 1 is 1.00 bits per heavy atom. The first kappa shape index (κ1) is 14.6. The van der Waals surface area contributed by atoms with Gasteiger partial charge in [0.15, 0.2) is 0 Å². The minimum Gasteiger partial charge on any atom is -0.478 e. The Labute approximate surface area is 96.6 Å². The molecule has 2 N–H and O–H groups in total. The van der Waals surface area contributed by atoms with Gasteiger partial charge in [-0.05, 0) is 6.08 Å². The number of hydrogen-bond acceptors (Lipinski definition) is 4. The van der Waals surface area contributed by atoms with Crippen LogP contribution >= 0.6 is 0 Å². The largest absolute Gasteiger partial charge is 0.478 e. The second-order valence-electron chi connectivity index (χ2n) is 2.93. The molecule has 0 fully saturated rings. The van der Waals surface area contributed by atoms with Crippen LogP contribution < -0.4 is 0 Å². The van der Waals surface area contributed by atoms with Gasteiger partial charge in [-0.1, -0.05) is 6.08 Å². The van der Waals surface area contributed by atoms with Gasteiger partial charge in [0, 0.05) is 19.9 Å². The molecule has 0 aliphatic rings. The highest BCUT2D eigenvalue weighted by molar-refractivity contribution is 6.03. The van der Waals surface area contributed by atoms with Crippen LogP contribution in [-0.2, 0) is 19.2 Å². The number of nitrogens with zero attached hydrogens (tertiary/aromatic N) is 1. The van der Waals surface area contributed by atoms with Crippen molar-refractivity contribution in [3.8, 4) is 0 Å². The van der Waals surface area contributed by atoms with E-state index in [1.807, 2.05) is 0 Å². The van der Waals surface area contributed by atoms with Crippen molar-refractivity contribution in [3.05, 3.63) is 23.9 Å². The molecule has 0 heterocycles. The van der Waals surface area contributed by atoms with Gasteiger partial charge in [-0.3, -0.25) is 9.59 Å². The number of hydrogen-bond donors (Lipinski definition) is 2. The first-order valence-electron chi connectivity index (χ1n) is 4.43. The number of carboxylic acid groups (broad SMARTS) is 2. The summed E-state index contributed by atoms with van der Waals surface area (Å²) >= 11 is 0. The lowest BCUT2D eigenvalue weighted by atomic mass is 10.3. The van der Waals surface area contributed by atoms with Crippen molar-refractivity contribution in [2.45, 2.75) is 13.8 Å². The van der Waals surface area contributed by atoms with Crippen molar-refractivity contribution < 1.29 is 29.4 Å². The van der Waals surface area contributed by atoms with Gasteiger partial charge in [0.1, 0.15) is 5.70 Å². The van der Waals surface area contributed by atoms with Gasteiger partial charge in [-0.2, -0.15) is 0 Å². The summed E-state index contributed by atoms with van der Waals surface area (Å²) in [6.45, 7) is 2.05. The molecule has 7 nitrogen and oxygen atoms in total. The maximum atomic E-state index is 11.1. The summed E-state index contributed by atoms with van der Waals surface area (Å²) in [4.78, 5) is 43.6. The number of rotatable bonds is 4. The number of allylic oxidation sites excluding steroid dienone is 2. The van der Waals surface area contributed by atoms with E-state index in [9.17, 15) is 19.2 Å². The number of imide groups is 1. The minimum absolute atomic E-state index is 0.439. The lowest BCUT2D eigenvalue weighted by Gasteiger charge is -2.16. The van der Waals surface area contributed by atoms with Crippen LogP contribution in [0.4, 0.5) is 0 Å². The fraction of sp³-hybridized carbons (Fsp3) is 0.200. The summed E-state index contributed by atoms with van der Waals surface area (Å²) in [6.07, 6.45) is 2.46. The summed E-state index contributed by atoms with van der Waals surface area (Å²) in [5.41, 5.74) is -0.609. The maximum absolute atomic E-state index is 11.1. The summed E-state index contributed by atoms with van der Waals surface area (Å²) in [7, 11) is 0. The van der Waals surface area contributed by atoms with E-state index in [0.29, 0.717) is 11.0 Å². The zero-order valence-corrected chi connectivity index (χ0v) is 9.21. The molecule has 0 saturated carbocycles. The van der Waals surface area contributed by atoms with Crippen LogP contribution in [0.2, 0.25) is 0 Å². The average Bonchev–Trinajstić information content (AvgIpc) is 2.13. The van der Waals surface area contributed by atoms with Crippen LogP contribution in [-0.4, -0.2) is 38.9 Å². The van der Waals surface area contributed by atoms with Gasteiger partial charge in [0.2, 0.25) is 11.8 Å². The molecule has 0 aliphatic heterocycles. The highest BCUT2D eigenvalue weighted by atomic mass is 16.4. The van der Waals surface area contributed by atoms with Crippen molar-refractivity contribution in [2.75, 3.05) is 0 Å². The highest BCUT2D eigenvalue weighted by Gasteiger charge is 2.23. The molecular formula is C10H11NO6. The van der Waals surface area contributed by atoms with E-state index in [1.165, 1.54) is 0 Å². The molecule has 0 bridgehead atoms. The SMILES string of the molecule is CC(=O)N(C(C)=O)C(=CC=CC(=O)O)C(=O)O. The molecule has 7 heteroatoms. The lowest BCUT2D eigenvalue weighted by molar-refractivity contribution is -0.146. The van der Waals surface area contributed by atoms with E-state index in [2.05, 4.69) is 0 Å². The molecule has 2 amide bonds. The van der Waals surface area contributed by atoms with Gasteiger partial charge in [-0.25, -0.2) is 14.5 Å². The third kappa shape index (κ3) is 4.74. The second-order valence-corrected chi connectivity index (χ2v) is 2.93. The van der Waals surface area contributed by atoms with Crippen molar-refractivity contribution in [2.24, 2.45) is 0 Å². The lowest BCUT2D eigenvalue weighted by Crippen LogP contribution is -2.35. The zero-order valence-electron chi connectivity index (χ0n) is 9.21. The Kier molecular flexibility index (Phi) is 5.32. The molecule has 0 aromatic carbocycles. The predicted molar refractivity (Wildman–Crippen MR) is 55.7 cm³/mol. The third-order valence-corrected chi connectivity index (χ3v) is 1.58. The van der Waals surface area contributed by atoms with Crippen LogP contribution in [0.1, 0.15) is 13.8 Å². The predicted octanol–water partition coefficient (Wildman–Crippen LogP) is -0.00930. The number of carboxylic acids is 2. The molecule has 0 saturated heterocycles. The molecule has 0 aromatic heterocycles. The molecule has 0 unspecified atom stereocenters. The van der Waals surface area contributed by atoms with Gasteiger partial charge in [0.05, 0.1) is 0 Å². The van der Waals surface area contributed by atoms with Crippen LogP contribution in [0, 0.1) is 0 Å². The van der Waals surface area contributed by atoms with Crippen LogP contribution in [0.15, 0.2) is 23.9 Å². The van der Waals surface area contributed by atoms with Crippen LogP contribution in [0.25, 0.3) is 0 Å². The molecule has 17 heavy (non-hydrogen) atoms. The number of aliphatic carboxylic acids is 2. The van der Waals surface area contributed by atoms with Crippen molar-refractivity contribution >= 4 is 23.8 Å². The van der Waals surface area contributed by atoms with Crippen molar-refractivity contribution in [1.29, 1.82) is 0 Å². The van der Waals surface area contributed by atoms with E-state index in [1.54, 1.807) is 0 Å². The van der Waals surface area contributed by atoms with Crippen LogP contribution in [0.5, 0.6) is 0 Å². The van der Waals surface area contributed by atoms with E-state index in [-0.39, 0.29) is 0 Å². The maximum Gasteiger partial charge on any atom is 0.353 e. The summed E-state index contributed by atoms with van der Waals surface area (Å²) < 4.78 is 0. The quantitative estimate of drug-likeness (QED) is 0.528. The molecule has 0 aromatic rings. The Morgan fingerprint density at radius 2 is 1.47 bits per heavy atom. The van der Waals surface area contributed by atoms with E-state index in [4.69, 9.17) is 10.2 Å². The molecule has 92 valence electrons. The zero-order chi connectivity index (χ0) is 13.6. The van der Waals surface area contributed by atoms with Crippen molar-refractivity contribution in [1.82, 2.24) is 4.90 Å². The van der Waals surface area contributed by atoms with E-state index < -0.39 is 29.5 Å². The number of amides is 2. The van der Waals surface area contributed by atoms with Crippen LogP contribution in [0.3, 0.4) is 0 Å². The second kappa shape index (κ2) is 6.21. The monoisotopic (exact) mass is 241 g/mol. The average molecular weight is 241 g/mol. The van der Waals surface area contributed by atoms with E-state index >= 15 is 0 Å². The fourth-order valence-corrected chi connectivity index (χ4v) is 1.02. The molecule has 0 atom stereocenters. The van der Waals surface area contributed by atoms with E-state index in [0.717, 1.165) is 26.0 Å². The minimum atomic E-state index is -1.51. The molecule has 0 spiro atoms. The summed E-state index contributed by atoms with van der Waals surface area (Å²) in [5.74, 6) is -4.32. The Bertz CT molecular complexity index is 407. The fourth-order valence-electron chi connectivity index (χ4n) is 1.02. The molecule has 0 radical (unpaired) electrons. The first-order chi connectivity index (χ1) is 7.77.